The van der Waals surface area contributed by atoms with E-state index in [2.05, 4.69) is 83.5 Å². The van der Waals surface area contributed by atoms with Gasteiger partial charge >= 0.3 is 0 Å². The van der Waals surface area contributed by atoms with Crippen molar-refractivity contribution in [2.75, 3.05) is 39.3 Å². The van der Waals surface area contributed by atoms with Crippen LogP contribution in [-0.4, -0.2) is 54.8 Å². The summed E-state index contributed by atoms with van der Waals surface area (Å²) < 4.78 is 0. The Kier molecular flexibility index (Phi) is 10.4. The quantitative estimate of drug-likeness (QED) is 0.270. The van der Waals surface area contributed by atoms with Crippen molar-refractivity contribution in [3.8, 4) is 0 Å². The van der Waals surface area contributed by atoms with Crippen LogP contribution in [0, 0.1) is 5.92 Å². The summed E-state index contributed by atoms with van der Waals surface area (Å²) in [6, 6.07) is 21.5. The van der Waals surface area contributed by atoms with E-state index in [9.17, 15) is 0 Å². The second-order valence-electron chi connectivity index (χ2n) is 10.1. The molecule has 0 aromatic heterocycles. The molecule has 2 aliphatic rings. The topological polar surface area (TPSA) is 28.1 Å². The van der Waals surface area contributed by atoms with Crippen LogP contribution in [0.15, 0.2) is 71.4 Å². The van der Waals surface area contributed by atoms with Gasteiger partial charge in [0, 0.05) is 45.2 Å². The van der Waals surface area contributed by atoms with Crippen LogP contribution < -0.4 is 0 Å². The van der Waals surface area contributed by atoms with Gasteiger partial charge in [0.25, 0.3) is 0 Å². The molecule has 1 saturated carbocycles. The molecule has 2 aromatic rings. The number of nitrogens with zero attached hydrogens (tertiary/aromatic N) is 3. The first-order valence-corrected chi connectivity index (χ1v) is 13.8. The number of rotatable bonds is 11. The van der Waals surface area contributed by atoms with E-state index in [4.69, 9.17) is 9.99 Å². The smallest absolute Gasteiger partial charge is 0.118 e. The number of allylic oxidation sites excluding steroid dienone is 1. The summed E-state index contributed by atoms with van der Waals surface area (Å²) >= 11 is 0. The minimum absolute atomic E-state index is 0.538. The lowest BCUT2D eigenvalue weighted by Gasteiger charge is -2.34. The van der Waals surface area contributed by atoms with Gasteiger partial charge in [-0.1, -0.05) is 85.6 Å². The monoisotopic (exact) mass is 473 g/mol. The fourth-order valence-corrected chi connectivity index (χ4v) is 5.31. The van der Waals surface area contributed by atoms with Gasteiger partial charge in [0.2, 0.25) is 0 Å². The summed E-state index contributed by atoms with van der Waals surface area (Å²) in [6.07, 6.45) is 10.7. The Morgan fingerprint density at radius 2 is 1.63 bits per heavy atom. The highest BCUT2D eigenvalue weighted by Crippen LogP contribution is 2.31. The lowest BCUT2D eigenvalue weighted by Crippen LogP contribution is -2.46. The van der Waals surface area contributed by atoms with E-state index in [1.54, 1.807) is 0 Å². The summed E-state index contributed by atoms with van der Waals surface area (Å²) in [5, 5.41) is 4.76. The first-order valence-electron chi connectivity index (χ1n) is 13.8. The molecule has 35 heavy (non-hydrogen) atoms. The predicted molar refractivity (Wildman–Crippen MR) is 147 cm³/mol. The van der Waals surface area contributed by atoms with Crippen molar-refractivity contribution >= 4 is 11.8 Å². The Morgan fingerprint density at radius 3 is 2.37 bits per heavy atom. The van der Waals surface area contributed by atoms with Crippen LogP contribution >= 0.6 is 0 Å². The van der Waals surface area contributed by atoms with Gasteiger partial charge in [0.1, 0.15) is 6.61 Å². The molecule has 2 fully saturated rings. The number of hydrogen-bond donors (Lipinski definition) is 0. The Morgan fingerprint density at radius 1 is 0.914 bits per heavy atom. The van der Waals surface area contributed by atoms with Gasteiger partial charge < -0.3 is 9.74 Å². The molecule has 0 spiro atoms. The van der Waals surface area contributed by atoms with E-state index < -0.39 is 0 Å². The molecule has 1 atom stereocenters. The van der Waals surface area contributed by atoms with Crippen LogP contribution in [0.4, 0.5) is 0 Å². The zero-order valence-electron chi connectivity index (χ0n) is 21.6. The molecule has 0 unspecified atom stereocenters. The number of hydrogen-bond acceptors (Lipinski definition) is 4. The standard InChI is InChI=1S/C31H43N3O/c1-2-3-16-29-17-10-18-30(25-27-12-6-4-7-13-27)31(29)32-35-24-11-19-33-20-22-34(23-21-33)26-28-14-8-5-9-15-28/h4-9,12-15,25,29H,2-3,10-11,16-24,26H2,1H3/t29-/m0/s1. The van der Waals surface area contributed by atoms with E-state index in [1.807, 2.05) is 0 Å². The predicted octanol–water partition coefficient (Wildman–Crippen LogP) is 6.64. The minimum Gasteiger partial charge on any atom is -0.396 e. The van der Waals surface area contributed by atoms with Gasteiger partial charge in [0.15, 0.2) is 0 Å². The number of benzene rings is 2. The lowest BCUT2D eigenvalue weighted by atomic mass is 9.80. The Balaban J connectivity index is 1.24. The highest BCUT2D eigenvalue weighted by molar-refractivity contribution is 6.05. The molecular weight excluding hydrogens is 430 g/mol. The van der Waals surface area contributed by atoms with Gasteiger partial charge in [-0.25, -0.2) is 0 Å². The molecule has 0 N–H and O–H groups in total. The third-order valence-corrected chi connectivity index (χ3v) is 7.35. The van der Waals surface area contributed by atoms with Gasteiger partial charge in [-0.2, -0.15) is 0 Å². The lowest BCUT2D eigenvalue weighted by molar-refractivity contribution is 0.0994. The number of piperazine rings is 1. The van der Waals surface area contributed by atoms with Crippen molar-refractivity contribution in [3.63, 3.8) is 0 Å². The molecule has 1 aliphatic heterocycles. The van der Waals surface area contributed by atoms with Crippen molar-refractivity contribution in [1.82, 2.24) is 9.80 Å². The average molecular weight is 474 g/mol. The van der Waals surface area contributed by atoms with Crippen LogP contribution in [0.2, 0.25) is 0 Å². The molecule has 1 aliphatic carbocycles. The zero-order chi connectivity index (χ0) is 24.1. The number of unbranched alkanes of at least 4 members (excludes halogenated alkanes) is 1. The Bertz CT molecular complexity index is 917. The Hall–Kier alpha value is -2.43. The summed E-state index contributed by atoms with van der Waals surface area (Å²) in [5.41, 5.74) is 5.26. The molecule has 0 bridgehead atoms. The maximum Gasteiger partial charge on any atom is 0.118 e. The van der Waals surface area contributed by atoms with Gasteiger partial charge in [-0.3, -0.25) is 4.90 Å². The van der Waals surface area contributed by atoms with Crippen molar-refractivity contribution in [1.29, 1.82) is 0 Å². The number of oxime groups is 1. The third kappa shape index (κ3) is 8.33. The van der Waals surface area contributed by atoms with E-state index in [0.29, 0.717) is 12.5 Å². The van der Waals surface area contributed by atoms with Crippen molar-refractivity contribution < 1.29 is 4.84 Å². The maximum absolute atomic E-state index is 5.95. The largest absolute Gasteiger partial charge is 0.396 e. The summed E-state index contributed by atoms with van der Waals surface area (Å²) in [4.78, 5) is 11.1. The minimum atomic E-state index is 0.538. The molecule has 0 amide bonds. The molecular formula is C31H43N3O. The van der Waals surface area contributed by atoms with E-state index in [-0.39, 0.29) is 0 Å². The molecule has 1 saturated heterocycles. The van der Waals surface area contributed by atoms with Crippen LogP contribution in [0.3, 0.4) is 0 Å². The molecule has 0 radical (unpaired) electrons. The molecule has 2 aromatic carbocycles. The summed E-state index contributed by atoms with van der Waals surface area (Å²) in [6.45, 7) is 9.71. The first kappa shape index (κ1) is 25.7. The highest BCUT2D eigenvalue weighted by Gasteiger charge is 2.25. The van der Waals surface area contributed by atoms with E-state index >= 15 is 0 Å². The van der Waals surface area contributed by atoms with Gasteiger partial charge in [-0.05, 0) is 54.9 Å². The SMILES string of the molecule is CCCC[C@H]1CCCC(=Cc2ccccc2)C1=NOCCCN1CCN(Cc2ccccc2)CC1. The summed E-state index contributed by atoms with van der Waals surface area (Å²) in [5.74, 6) is 0.538. The van der Waals surface area contributed by atoms with Crippen molar-refractivity contribution in [2.45, 2.75) is 58.4 Å². The zero-order valence-corrected chi connectivity index (χ0v) is 21.6. The molecule has 4 heteroatoms. The van der Waals surface area contributed by atoms with Crippen LogP contribution in [-0.2, 0) is 11.4 Å². The van der Waals surface area contributed by atoms with Crippen LogP contribution in [0.1, 0.15) is 63.0 Å². The first-order chi connectivity index (χ1) is 17.3. The van der Waals surface area contributed by atoms with Crippen LogP contribution in [0.5, 0.6) is 0 Å². The van der Waals surface area contributed by atoms with Crippen LogP contribution in [0.25, 0.3) is 6.08 Å². The average Bonchev–Trinajstić information content (AvgIpc) is 2.90. The summed E-state index contributed by atoms with van der Waals surface area (Å²) in [7, 11) is 0. The van der Waals surface area contributed by atoms with E-state index in [0.717, 1.165) is 52.1 Å². The second-order valence-corrected chi connectivity index (χ2v) is 10.1. The molecule has 4 rings (SSSR count). The second kappa shape index (κ2) is 14.2. The normalized spacial score (nSPS) is 22.0. The van der Waals surface area contributed by atoms with E-state index in [1.165, 1.54) is 54.5 Å². The molecule has 1 heterocycles. The molecule has 4 nitrogen and oxygen atoms in total. The van der Waals surface area contributed by atoms with Crippen molar-refractivity contribution in [3.05, 3.63) is 77.4 Å². The Labute approximate surface area is 212 Å². The fourth-order valence-electron chi connectivity index (χ4n) is 5.31. The van der Waals surface area contributed by atoms with Crippen molar-refractivity contribution in [2.24, 2.45) is 11.1 Å². The molecule has 188 valence electrons. The van der Waals surface area contributed by atoms with Gasteiger partial charge in [-0.15, -0.1) is 0 Å². The van der Waals surface area contributed by atoms with Gasteiger partial charge in [0.05, 0.1) is 5.71 Å². The fraction of sp³-hybridized carbons (Fsp3) is 0.516. The third-order valence-electron chi connectivity index (χ3n) is 7.35. The maximum atomic E-state index is 5.95. The highest BCUT2D eigenvalue weighted by atomic mass is 16.6.